The summed E-state index contributed by atoms with van der Waals surface area (Å²) in [7, 11) is 0. The van der Waals surface area contributed by atoms with Crippen LogP contribution in [0.1, 0.15) is 34.6 Å². The zero-order chi connectivity index (χ0) is 22.2. The van der Waals surface area contributed by atoms with Crippen LogP contribution in [-0.4, -0.2) is 86.3 Å². The molecule has 0 aliphatic carbocycles. The number of rotatable bonds is 14. The van der Waals surface area contributed by atoms with Crippen molar-refractivity contribution in [2.24, 2.45) is 0 Å². The van der Waals surface area contributed by atoms with E-state index >= 15 is 0 Å². The molecule has 0 amide bonds. The van der Waals surface area contributed by atoms with Gasteiger partial charge in [0.05, 0.1) is 32.0 Å². The average molecular weight is 416 g/mol. The normalized spacial score (nSPS) is 9.83. The van der Waals surface area contributed by atoms with Crippen molar-refractivity contribution < 1.29 is 38.1 Å². The highest BCUT2D eigenvalue weighted by Gasteiger charge is 2.18. The zero-order valence-corrected chi connectivity index (χ0v) is 17.9. The summed E-state index contributed by atoms with van der Waals surface area (Å²) in [6.07, 6.45) is 1.84. The lowest BCUT2D eigenvalue weighted by Gasteiger charge is -2.35. The second-order valence-corrected chi connectivity index (χ2v) is 5.98. The predicted octanol–water partition coefficient (Wildman–Crippen LogP) is 0.704. The van der Waals surface area contributed by atoms with Gasteiger partial charge in [-0.05, 0) is 13.0 Å². The largest absolute Gasteiger partial charge is 0.464 e. The molecule has 10 heteroatoms. The summed E-state index contributed by atoms with van der Waals surface area (Å²) >= 11 is 0. The number of nitrogens with zero attached hydrogens (tertiary/aromatic N) is 2. The van der Waals surface area contributed by atoms with Crippen LogP contribution in [0.3, 0.4) is 0 Å². The van der Waals surface area contributed by atoms with Crippen LogP contribution in [0.25, 0.3) is 0 Å². The van der Waals surface area contributed by atoms with E-state index in [9.17, 15) is 19.2 Å². The summed E-state index contributed by atoms with van der Waals surface area (Å²) in [6.45, 7) is 9.15. The van der Waals surface area contributed by atoms with Crippen molar-refractivity contribution in [3.8, 4) is 0 Å². The molecule has 0 spiro atoms. The fourth-order valence-electron chi connectivity index (χ4n) is 2.45. The molecule has 0 radical (unpaired) electrons. The number of ether oxygens (including phenoxy) is 4. The van der Waals surface area contributed by atoms with Gasteiger partial charge >= 0.3 is 23.9 Å². The summed E-state index contributed by atoms with van der Waals surface area (Å²) in [5.74, 6) is -0.840. The molecule has 0 bridgehead atoms. The number of carbonyl (C=O) groups is 4. The second kappa shape index (κ2) is 15.2. The van der Waals surface area contributed by atoms with Crippen LogP contribution in [0.2, 0.25) is 0 Å². The third-order valence-corrected chi connectivity index (χ3v) is 3.57. The first kappa shape index (κ1) is 26.2. The number of carbonyl (C=O) groups excluding carboxylic acids is 4. The minimum atomic E-state index is -0.395. The molecule has 10 nitrogen and oxygen atoms in total. The summed E-state index contributed by atoms with van der Waals surface area (Å²) in [5, 5.41) is 0. The van der Waals surface area contributed by atoms with E-state index in [1.165, 1.54) is 27.7 Å². The van der Waals surface area contributed by atoms with Crippen molar-refractivity contribution in [3.05, 3.63) is 11.9 Å². The second-order valence-electron chi connectivity index (χ2n) is 5.98. The third kappa shape index (κ3) is 14.0. The van der Waals surface area contributed by atoms with Crippen molar-refractivity contribution in [3.63, 3.8) is 0 Å². The summed E-state index contributed by atoms with van der Waals surface area (Å²) < 4.78 is 20.1. The number of hydrogen-bond acceptors (Lipinski definition) is 10. The first-order valence-corrected chi connectivity index (χ1v) is 9.37. The Morgan fingerprint density at radius 1 is 0.586 bits per heavy atom. The molecule has 0 aromatic heterocycles. The highest BCUT2D eigenvalue weighted by molar-refractivity contribution is 5.66. The lowest BCUT2D eigenvalue weighted by atomic mass is 10.3. The van der Waals surface area contributed by atoms with Crippen LogP contribution < -0.4 is 0 Å². The van der Waals surface area contributed by atoms with Crippen LogP contribution in [0.5, 0.6) is 0 Å². The maximum Gasteiger partial charge on any atom is 0.302 e. The Bertz CT molecular complexity index is 491. The fourth-order valence-corrected chi connectivity index (χ4v) is 2.45. The van der Waals surface area contributed by atoms with E-state index in [0.29, 0.717) is 26.2 Å². The summed E-state index contributed by atoms with van der Waals surface area (Å²) in [4.78, 5) is 48.1. The third-order valence-electron chi connectivity index (χ3n) is 3.57. The first-order valence-electron chi connectivity index (χ1n) is 9.37. The van der Waals surface area contributed by atoms with Crippen LogP contribution in [-0.2, 0) is 38.1 Å². The molecule has 0 saturated carbocycles. The van der Waals surface area contributed by atoms with Crippen LogP contribution in [0.15, 0.2) is 11.9 Å². The highest BCUT2D eigenvalue weighted by atomic mass is 16.5. The fraction of sp³-hybridized carbons (Fsp3) is 0.684. The number of esters is 4. The van der Waals surface area contributed by atoms with E-state index in [4.69, 9.17) is 18.9 Å². The average Bonchev–Trinajstić information content (AvgIpc) is 2.60. The van der Waals surface area contributed by atoms with E-state index < -0.39 is 23.9 Å². The van der Waals surface area contributed by atoms with Gasteiger partial charge < -0.3 is 28.7 Å². The topological polar surface area (TPSA) is 112 Å². The molecule has 0 unspecified atom stereocenters. The predicted molar refractivity (Wildman–Crippen MR) is 103 cm³/mol. The Morgan fingerprint density at radius 2 is 0.828 bits per heavy atom. The van der Waals surface area contributed by atoms with E-state index in [1.54, 1.807) is 0 Å². The smallest absolute Gasteiger partial charge is 0.302 e. The maximum absolute atomic E-state index is 11.1. The van der Waals surface area contributed by atoms with Gasteiger partial charge in [0.25, 0.3) is 0 Å². The standard InChI is InChI=1S/C19H32N2O8/c1-6-19(20(7-11-26-15(2)22)8-12-27-16(3)23)21(9-13-28-17(4)24)10-14-29-18(5)25/h6H,7-14H2,1-5H3. The summed E-state index contributed by atoms with van der Waals surface area (Å²) in [5.41, 5.74) is 0. The SMILES string of the molecule is CC=C(N(CCOC(C)=O)CCOC(C)=O)N(CCOC(C)=O)CCOC(C)=O. The molecule has 29 heavy (non-hydrogen) atoms. The molecular weight excluding hydrogens is 384 g/mol. The van der Waals surface area contributed by atoms with Crippen molar-refractivity contribution in [2.75, 3.05) is 52.6 Å². The van der Waals surface area contributed by atoms with Gasteiger partial charge in [0.15, 0.2) is 0 Å². The molecule has 0 atom stereocenters. The lowest BCUT2D eigenvalue weighted by Crippen LogP contribution is -2.42. The van der Waals surface area contributed by atoms with Gasteiger partial charge in [-0.3, -0.25) is 19.2 Å². The molecule has 0 aromatic carbocycles. The Balaban J connectivity index is 5.25. The number of hydrogen-bond donors (Lipinski definition) is 0. The van der Waals surface area contributed by atoms with E-state index in [2.05, 4.69) is 0 Å². The van der Waals surface area contributed by atoms with E-state index in [1.807, 2.05) is 22.8 Å². The van der Waals surface area contributed by atoms with Gasteiger partial charge in [-0.2, -0.15) is 0 Å². The van der Waals surface area contributed by atoms with Gasteiger partial charge in [-0.15, -0.1) is 0 Å². The van der Waals surface area contributed by atoms with Gasteiger partial charge in [0, 0.05) is 27.7 Å². The molecule has 0 aliphatic rings. The molecule has 0 aliphatic heterocycles. The van der Waals surface area contributed by atoms with Gasteiger partial charge in [0.1, 0.15) is 26.4 Å². The van der Waals surface area contributed by atoms with E-state index in [-0.39, 0.29) is 26.4 Å². The van der Waals surface area contributed by atoms with Crippen molar-refractivity contribution in [1.29, 1.82) is 0 Å². The minimum Gasteiger partial charge on any atom is -0.464 e. The Labute approximate surface area is 171 Å². The molecule has 0 N–H and O–H groups in total. The minimum absolute atomic E-state index is 0.147. The van der Waals surface area contributed by atoms with Crippen molar-refractivity contribution >= 4 is 23.9 Å². The molecule has 0 heterocycles. The van der Waals surface area contributed by atoms with E-state index in [0.717, 1.165) is 5.82 Å². The first-order chi connectivity index (χ1) is 13.7. The molecular formula is C19H32N2O8. The van der Waals surface area contributed by atoms with Gasteiger partial charge in [0.2, 0.25) is 0 Å². The van der Waals surface area contributed by atoms with Crippen LogP contribution in [0, 0.1) is 0 Å². The van der Waals surface area contributed by atoms with Gasteiger partial charge in [-0.25, -0.2) is 0 Å². The Hall–Kier alpha value is -2.78. The Morgan fingerprint density at radius 3 is 1.00 bits per heavy atom. The monoisotopic (exact) mass is 416 g/mol. The lowest BCUT2D eigenvalue weighted by molar-refractivity contribution is -0.142. The maximum atomic E-state index is 11.1. The van der Waals surface area contributed by atoms with Crippen LogP contribution in [0.4, 0.5) is 0 Å². The molecule has 0 rings (SSSR count). The van der Waals surface area contributed by atoms with Gasteiger partial charge in [-0.1, -0.05) is 0 Å². The molecule has 166 valence electrons. The van der Waals surface area contributed by atoms with Crippen LogP contribution >= 0.6 is 0 Å². The molecule has 0 saturated heterocycles. The molecule has 0 aromatic rings. The highest BCUT2D eigenvalue weighted by Crippen LogP contribution is 2.12. The van der Waals surface area contributed by atoms with Crippen molar-refractivity contribution in [2.45, 2.75) is 34.6 Å². The molecule has 0 fully saturated rings. The zero-order valence-electron chi connectivity index (χ0n) is 17.9. The number of allylic oxidation sites excluding steroid dienone is 1. The van der Waals surface area contributed by atoms with Crippen molar-refractivity contribution in [1.82, 2.24) is 9.80 Å². The quantitative estimate of drug-likeness (QED) is 0.296. The Kier molecular flexibility index (Phi) is 13.7. The summed E-state index contributed by atoms with van der Waals surface area (Å²) in [6, 6.07) is 0.